The quantitative estimate of drug-likeness (QED) is 0.482. The predicted molar refractivity (Wildman–Crippen MR) is 92.8 cm³/mol. The molecule has 1 fully saturated rings. The molecule has 5 heteroatoms. The molecule has 1 aromatic carbocycles. The summed E-state index contributed by atoms with van der Waals surface area (Å²) in [6.45, 7) is 9.75. The van der Waals surface area contributed by atoms with Crippen molar-refractivity contribution >= 4 is 23.3 Å². The van der Waals surface area contributed by atoms with Crippen molar-refractivity contribution in [1.82, 2.24) is 4.90 Å². The second-order valence-corrected chi connectivity index (χ2v) is 6.63. The number of thioether (sulfide) groups is 1. The summed E-state index contributed by atoms with van der Waals surface area (Å²) in [6.07, 6.45) is 1.21. The lowest BCUT2D eigenvalue weighted by molar-refractivity contribution is 0.258. The lowest BCUT2D eigenvalue weighted by Gasteiger charge is -2.37. The van der Waals surface area contributed by atoms with Crippen molar-refractivity contribution in [3.8, 4) is 0 Å². The lowest BCUT2D eigenvalue weighted by Crippen LogP contribution is -2.47. The molecule has 0 aliphatic carbocycles. The monoisotopic (exact) mass is 306 g/mol. The highest BCUT2D eigenvalue weighted by molar-refractivity contribution is 7.99. The van der Waals surface area contributed by atoms with Gasteiger partial charge in [-0.25, -0.2) is 0 Å². The van der Waals surface area contributed by atoms with Gasteiger partial charge < -0.3 is 10.6 Å². The number of piperazine rings is 1. The fourth-order valence-corrected chi connectivity index (χ4v) is 3.70. The van der Waals surface area contributed by atoms with Crippen molar-refractivity contribution in [2.24, 2.45) is 5.73 Å². The van der Waals surface area contributed by atoms with Gasteiger partial charge in [0.05, 0.1) is 5.56 Å². The average molecular weight is 306 g/mol. The second-order valence-electron chi connectivity index (χ2n) is 5.33. The molecule has 0 atom stereocenters. The number of nitrogens with one attached hydrogen (secondary N) is 1. The summed E-state index contributed by atoms with van der Waals surface area (Å²) in [6, 6.07) is 6.26. The molecule has 0 unspecified atom stereocenters. The Kier molecular flexibility index (Phi) is 5.94. The Bertz CT molecular complexity index is 481. The van der Waals surface area contributed by atoms with Crippen LogP contribution in [0.2, 0.25) is 0 Å². The molecule has 0 amide bonds. The fraction of sp³-hybridized carbons (Fsp3) is 0.562. The van der Waals surface area contributed by atoms with Gasteiger partial charge in [-0.1, -0.05) is 19.9 Å². The van der Waals surface area contributed by atoms with E-state index in [0.717, 1.165) is 48.1 Å². The van der Waals surface area contributed by atoms with Crippen molar-refractivity contribution in [3.05, 3.63) is 23.8 Å². The molecule has 2 rings (SSSR count). The van der Waals surface area contributed by atoms with E-state index in [1.807, 2.05) is 0 Å². The van der Waals surface area contributed by atoms with Gasteiger partial charge in [-0.2, -0.15) is 0 Å². The molecule has 0 radical (unpaired) electrons. The molecule has 21 heavy (non-hydrogen) atoms. The van der Waals surface area contributed by atoms with Crippen LogP contribution in [0.25, 0.3) is 0 Å². The summed E-state index contributed by atoms with van der Waals surface area (Å²) in [5.41, 5.74) is 7.89. The Morgan fingerprint density at radius 2 is 1.95 bits per heavy atom. The molecule has 1 heterocycles. The smallest absolute Gasteiger partial charge is 0.126 e. The Labute approximate surface area is 132 Å². The van der Waals surface area contributed by atoms with Crippen molar-refractivity contribution in [2.45, 2.75) is 25.2 Å². The van der Waals surface area contributed by atoms with E-state index in [2.05, 4.69) is 41.8 Å². The second kappa shape index (κ2) is 7.71. The van der Waals surface area contributed by atoms with E-state index in [1.165, 1.54) is 13.0 Å². The third-order valence-electron chi connectivity index (χ3n) is 3.83. The molecular weight excluding hydrogens is 280 g/mol. The predicted octanol–water partition coefficient (Wildman–Crippen LogP) is 2.61. The van der Waals surface area contributed by atoms with E-state index >= 15 is 0 Å². The molecule has 0 saturated carbocycles. The molecule has 0 spiro atoms. The first-order valence-electron chi connectivity index (χ1n) is 7.74. The Morgan fingerprint density at radius 3 is 2.52 bits per heavy atom. The van der Waals surface area contributed by atoms with Crippen LogP contribution in [-0.4, -0.2) is 49.2 Å². The van der Waals surface area contributed by atoms with E-state index in [9.17, 15) is 0 Å². The van der Waals surface area contributed by atoms with Gasteiger partial charge in [0.2, 0.25) is 0 Å². The van der Waals surface area contributed by atoms with Crippen LogP contribution in [0.3, 0.4) is 0 Å². The number of nitrogens with two attached hydrogens (primary N) is 1. The number of rotatable bonds is 6. The third-order valence-corrected chi connectivity index (χ3v) is 4.77. The summed E-state index contributed by atoms with van der Waals surface area (Å²) in [5, 5.41) is 7.95. The fourth-order valence-electron chi connectivity index (χ4n) is 2.86. The van der Waals surface area contributed by atoms with Crippen molar-refractivity contribution in [2.75, 3.05) is 43.4 Å². The highest BCUT2D eigenvalue weighted by atomic mass is 32.2. The van der Waals surface area contributed by atoms with Gasteiger partial charge in [0.25, 0.3) is 0 Å². The molecule has 116 valence electrons. The standard InChI is InChI=1S/C16H26N4S/c1-3-8-19-9-11-20(12-10-19)13-6-5-7-14(21-4-2)15(13)16(17)18/h5-7H,3-4,8-12H2,1-2H3,(H3,17,18). The lowest BCUT2D eigenvalue weighted by atomic mass is 10.1. The number of hydrogen-bond donors (Lipinski definition) is 2. The van der Waals surface area contributed by atoms with Crippen LogP contribution < -0.4 is 10.6 Å². The van der Waals surface area contributed by atoms with Crippen molar-refractivity contribution < 1.29 is 0 Å². The number of nitrogens with zero attached hydrogens (tertiary/aromatic N) is 2. The minimum Gasteiger partial charge on any atom is -0.384 e. The highest BCUT2D eigenvalue weighted by Crippen LogP contribution is 2.31. The van der Waals surface area contributed by atoms with Crippen LogP contribution in [0.15, 0.2) is 23.1 Å². The van der Waals surface area contributed by atoms with Gasteiger partial charge in [0.1, 0.15) is 5.84 Å². The van der Waals surface area contributed by atoms with Crippen LogP contribution in [0, 0.1) is 5.41 Å². The molecule has 0 aromatic heterocycles. The normalized spacial score (nSPS) is 16.2. The number of anilines is 1. The van der Waals surface area contributed by atoms with Gasteiger partial charge in [-0.3, -0.25) is 10.3 Å². The van der Waals surface area contributed by atoms with Crippen LogP contribution in [0.4, 0.5) is 5.69 Å². The zero-order valence-electron chi connectivity index (χ0n) is 13.1. The number of benzene rings is 1. The van der Waals surface area contributed by atoms with E-state index in [1.54, 1.807) is 11.8 Å². The first-order valence-corrected chi connectivity index (χ1v) is 8.73. The Hall–Kier alpha value is -1.20. The number of nitrogen functional groups attached to an aromatic ring is 1. The van der Waals surface area contributed by atoms with Gasteiger partial charge in [0.15, 0.2) is 0 Å². The van der Waals surface area contributed by atoms with Crippen LogP contribution in [0.5, 0.6) is 0 Å². The molecule has 1 aliphatic heterocycles. The molecule has 4 nitrogen and oxygen atoms in total. The highest BCUT2D eigenvalue weighted by Gasteiger charge is 2.21. The average Bonchev–Trinajstić information content (AvgIpc) is 2.48. The maximum Gasteiger partial charge on any atom is 0.126 e. The van der Waals surface area contributed by atoms with Crippen molar-refractivity contribution in [3.63, 3.8) is 0 Å². The zero-order chi connectivity index (χ0) is 15.2. The first kappa shape index (κ1) is 16.2. The van der Waals surface area contributed by atoms with Crippen LogP contribution >= 0.6 is 11.8 Å². The Balaban J connectivity index is 2.20. The number of amidine groups is 1. The molecule has 3 N–H and O–H groups in total. The van der Waals surface area contributed by atoms with Gasteiger partial charge in [-0.15, -0.1) is 11.8 Å². The summed E-state index contributed by atoms with van der Waals surface area (Å²) < 4.78 is 0. The Morgan fingerprint density at radius 1 is 1.24 bits per heavy atom. The number of hydrogen-bond acceptors (Lipinski definition) is 4. The SMILES string of the molecule is CCCN1CCN(c2cccc(SCC)c2C(=N)N)CC1. The summed E-state index contributed by atoms with van der Waals surface area (Å²) in [4.78, 5) is 6.01. The van der Waals surface area contributed by atoms with Gasteiger partial charge in [0, 0.05) is 36.8 Å². The molecule has 1 aliphatic rings. The van der Waals surface area contributed by atoms with E-state index in [0.29, 0.717) is 0 Å². The largest absolute Gasteiger partial charge is 0.384 e. The van der Waals surface area contributed by atoms with Crippen LogP contribution in [-0.2, 0) is 0 Å². The zero-order valence-corrected chi connectivity index (χ0v) is 13.9. The topological polar surface area (TPSA) is 56.4 Å². The van der Waals surface area contributed by atoms with E-state index in [4.69, 9.17) is 11.1 Å². The van der Waals surface area contributed by atoms with Crippen molar-refractivity contribution in [1.29, 1.82) is 5.41 Å². The van der Waals surface area contributed by atoms with E-state index < -0.39 is 0 Å². The minimum absolute atomic E-state index is 0.178. The molecule has 1 aromatic rings. The van der Waals surface area contributed by atoms with E-state index in [-0.39, 0.29) is 5.84 Å². The molecule has 1 saturated heterocycles. The summed E-state index contributed by atoms with van der Waals surface area (Å²) in [5.74, 6) is 1.17. The minimum atomic E-state index is 0.178. The maximum absolute atomic E-state index is 7.95. The molecular formula is C16H26N4S. The molecule has 0 bridgehead atoms. The first-order chi connectivity index (χ1) is 10.2. The maximum atomic E-state index is 7.95. The summed E-state index contributed by atoms with van der Waals surface area (Å²) >= 11 is 1.76. The van der Waals surface area contributed by atoms with Gasteiger partial charge in [-0.05, 0) is 30.9 Å². The van der Waals surface area contributed by atoms with Crippen LogP contribution in [0.1, 0.15) is 25.8 Å². The third kappa shape index (κ3) is 3.92. The van der Waals surface area contributed by atoms with Gasteiger partial charge >= 0.3 is 0 Å². The summed E-state index contributed by atoms with van der Waals surface area (Å²) in [7, 11) is 0.